The van der Waals surface area contributed by atoms with Gasteiger partial charge in [-0.05, 0) is 29.3 Å². The van der Waals surface area contributed by atoms with Gasteiger partial charge in [-0.25, -0.2) is 4.79 Å². The molecule has 0 unspecified atom stereocenters. The van der Waals surface area contributed by atoms with Crippen LogP contribution in [0.2, 0.25) is 0 Å². The lowest BCUT2D eigenvalue weighted by Gasteiger charge is -2.06. The van der Waals surface area contributed by atoms with Crippen molar-refractivity contribution < 1.29 is 19.0 Å². The van der Waals surface area contributed by atoms with Crippen molar-refractivity contribution >= 4 is 21.9 Å². The van der Waals surface area contributed by atoms with Crippen molar-refractivity contribution in [2.75, 3.05) is 19.8 Å². The first-order chi connectivity index (χ1) is 7.24. The van der Waals surface area contributed by atoms with Crippen LogP contribution in [-0.4, -0.2) is 32.1 Å². The largest absolute Gasteiger partial charge is 0.462 e. The van der Waals surface area contributed by atoms with Crippen molar-refractivity contribution in [3.8, 4) is 0 Å². The van der Waals surface area contributed by atoms with E-state index in [2.05, 4.69) is 15.9 Å². The van der Waals surface area contributed by atoms with Crippen LogP contribution < -0.4 is 0 Å². The maximum absolute atomic E-state index is 11.2. The summed E-state index contributed by atoms with van der Waals surface area (Å²) < 4.78 is 15.8. The summed E-state index contributed by atoms with van der Waals surface area (Å²) in [6.45, 7) is 3.48. The average molecular weight is 279 g/mol. The standard InChI is InChI=1S/C10H15BrO4/c1-2-13-10(12)8(11)4-3-5-9-14-6-7-15-9/h4,9H,2-3,5-7H2,1H3. The Balaban J connectivity index is 2.20. The van der Waals surface area contributed by atoms with Crippen LogP contribution in [0.1, 0.15) is 19.8 Å². The lowest BCUT2D eigenvalue weighted by atomic mass is 10.3. The molecule has 0 atom stereocenters. The van der Waals surface area contributed by atoms with Crippen LogP contribution in [-0.2, 0) is 19.0 Å². The van der Waals surface area contributed by atoms with Crippen molar-refractivity contribution in [3.05, 3.63) is 10.6 Å². The van der Waals surface area contributed by atoms with Gasteiger partial charge in [-0.15, -0.1) is 0 Å². The van der Waals surface area contributed by atoms with Crippen LogP contribution in [0, 0.1) is 0 Å². The van der Waals surface area contributed by atoms with Gasteiger partial charge in [-0.2, -0.15) is 0 Å². The average Bonchev–Trinajstić information content (AvgIpc) is 2.71. The number of hydrogen-bond donors (Lipinski definition) is 0. The van der Waals surface area contributed by atoms with Gasteiger partial charge in [-0.3, -0.25) is 0 Å². The number of carbonyl (C=O) groups excluding carboxylic acids is 1. The van der Waals surface area contributed by atoms with Gasteiger partial charge < -0.3 is 14.2 Å². The third-order valence-corrected chi connectivity index (χ3v) is 2.53. The molecule has 0 aromatic heterocycles. The van der Waals surface area contributed by atoms with E-state index in [1.165, 1.54) is 0 Å². The second kappa shape index (κ2) is 6.98. The zero-order valence-electron chi connectivity index (χ0n) is 8.70. The molecular formula is C10H15BrO4. The number of halogens is 1. The molecule has 0 aliphatic carbocycles. The van der Waals surface area contributed by atoms with Gasteiger partial charge in [-0.1, -0.05) is 6.08 Å². The van der Waals surface area contributed by atoms with Gasteiger partial charge in [0.2, 0.25) is 0 Å². The zero-order chi connectivity index (χ0) is 11.1. The number of rotatable bonds is 5. The minimum absolute atomic E-state index is 0.122. The fraction of sp³-hybridized carbons (Fsp3) is 0.700. The van der Waals surface area contributed by atoms with Gasteiger partial charge in [0.05, 0.1) is 24.3 Å². The van der Waals surface area contributed by atoms with E-state index < -0.39 is 0 Å². The summed E-state index contributed by atoms with van der Waals surface area (Å²) in [5.74, 6) is -0.328. The highest BCUT2D eigenvalue weighted by Gasteiger charge is 2.15. The molecule has 1 saturated heterocycles. The second-order valence-corrected chi connectivity index (χ2v) is 3.88. The molecular weight excluding hydrogens is 264 g/mol. The van der Waals surface area contributed by atoms with Crippen molar-refractivity contribution in [1.82, 2.24) is 0 Å². The Bertz CT molecular complexity index is 234. The number of hydrogen-bond acceptors (Lipinski definition) is 4. The Kier molecular flexibility index (Phi) is 5.90. The molecule has 5 heteroatoms. The summed E-state index contributed by atoms with van der Waals surface area (Å²) in [5.41, 5.74) is 0. The fourth-order valence-corrected chi connectivity index (χ4v) is 1.55. The van der Waals surface area contributed by atoms with E-state index in [0.717, 1.165) is 12.8 Å². The molecule has 0 bridgehead atoms. The lowest BCUT2D eigenvalue weighted by Crippen LogP contribution is -2.07. The summed E-state index contributed by atoms with van der Waals surface area (Å²) in [5, 5.41) is 0. The highest BCUT2D eigenvalue weighted by atomic mass is 79.9. The summed E-state index contributed by atoms with van der Waals surface area (Å²) in [7, 11) is 0. The molecule has 0 aromatic rings. The van der Waals surface area contributed by atoms with Gasteiger partial charge >= 0.3 is 5.97 Å². The van der Waals surface area contributed by atoms with Gasteiger partial charge in [0.15, 0.2) is 6.29 Å². The van der Waals surface area contributed by atoms with Gasteiger partial charge in [0, 0.05) is 6.42 Å². The van der Waals surface area contributed by atoms with Crippen molar-refractivity contribution in [1.29, 1.82) is 0 Å². The first kappa shape index (κ1) is 12.7. The molecule has 15 heavy (non-hydrogen) atoms. The number of allylic oxidation sites excluding steroid dienone is 1. The number of esters is 1. The van der Waals surface area contributed by atoms with E-state index in [4.69, 9.17) is 14.2 Å². The van der Waals surface area contributed by atoms with E-state index in [9.17, 15) is 4.79 Å². The molecule has 86 valence electrons. The molecule has 1 aliphatic heterocycles. The van der Waals surface area contributed by atoms with E-state index in [1.807, 2.05) is 0 Å². The minimum atomic E-state index is -0.328. The quantitative estimate of drug-likeness (QED) is 0.570. The zero-order valence-corrected chi connectivity index (χ0v) is 10.3. The third-order valence-electron chi connectivity index (χ3n) is 1.89. The molecule has 1 fully saturated rings. The molecule has 0 radical (unpaired) electrons. The van der Waals surface area contributed by atoms with Crippen LogP contribution in [0.5, 0.6) is 0 Å². The summed E-state index contributed by atoms with van der Waals surface area (Å²) in [6.07, 6.45) is 3.14. The molecule has 0 amide bonds. The van der Waals surface area contributed by atoms with E-state index in [0.29, 0.717) is 24.3 Å². The Morgan fingerprint density at radius 3 is 2.80 bits per heavy atom. The highest BCUT2D eigenvalue weighted by Crippen LogP contribution is 2.14. The molecule has 0 spiro atoms. The fourth-order valence-electron chi connectivity index (χ4n) is 1.20. The molecule has 1 heterocycles. The Labute approximate surface area is 97.7 Å². The van der Waals surface area contributed by atoms with Crippen molar-refractivity contribution in [3.63, 3.8) is 0 Å². The van der Waals surface area contributed by atoms with Gasteiger partial charge in [0.1, 0.15) is 0 Å². The Morgan fingerprint density at radius 2 is 2.20 bits per heavy atom. The number of carbonyl (C=O) groups is 1. The summed E-state index contributed by atoms with van der Waals surface area (Å²) in [4.78, 5) is 11.2. The highest BCUT2D eigenvalue weighted by molar-refractivity contribution is 9.12. The van der Waals surface area contributed by atoms with Crippen molar-refractivity contribution in [2.24, 2.45) is 0 Å². The summed E-state index contributed by atoms with van der Waals surface area (Å²) >= 11 is 3.16. The maximum Gasteiger partial charge on any atom is 0.344 e. The lowest BCUT2D eigenvalue weighted by molar-refractivity contribution is -0.137. The van der Waals surface area contributed by atoms with E-state index >= 15 is 0 Å². The first-order valence-corrected chi connectivity index (χ1v) is 5.79. The molecule has 4 nitrogen and oxygen atoms in total. The molecule has 1 aliphatic rings. The van der Waals surface area contributed by atoms with Crippen LogP contribution in [0.3, 0.4) is 0 Å². The SMILES string of the molecule is CCOC(=O)C(Br)=CCCC1OCCO1. The molecule has 0 N–H and O–H groups in total. The predicted octanol–water partition coefficient (Wildman–Crippen LogP) is 1.98. The predicted molar refractivity (Wildman–Crippen MR) is 58.6 cm³/mol. The first-order valence-electron chi connectivity index (χ1n) is 5.00. The third kappa shape index (κ3) is 4.77. The minimum Gasteiger partial charge on any atom is -0.462 e. The monoisotopic (exact) mass is 278 g/mol. The van der Waals surface area contributed by atoms with Crippen LogP contribution in [0.4, 0.5) is 0 Å². The van der Waals surface area contributed by atoms with E-state index in [1.54, 1.807) is 13.0 Å². The Hall–Kier alpha value is -0.390. The van der Waals surface area contributed by atoms with Crippen LogP contribution >= 0.6 is 15.9 Å². The maximum atomic E-state index is 11.2. The molecule has 1 rings (SSSR count). The van der Waals surface area contributed by atoms with Crippen molar-refractivity contribution in [2.45, 2.75) is 26.1 Å². The second-order valence-electron chi connectivity index (χ2n) is 3.02. The number of ether oxygens (including phenoxy) is 3. The molecule has 0 aromatic carbocycles. The Morgan fingerprint density at radius 1 is 1.53 bits per heavy atom. The smallest absolute Gasteiger partial charge is 0.344 e. The topological polar surface area (TPSA) is 44.8 Å². The van der Waals surface area contributed by atoms with E-state index in [-0.39, 0.29) is 12.3 Å². The normalized spacial score (nSPS) is 18.1. The van der Waals surface area contributed by atoms with Crippen LogP contribution in [0.25, 0.3) is 0 Å². The van der Waals surface area contributed by atoms with Crippen LogP contribution in [0.15, 0.2) is 10.6 Å². The molecule has 0 saturated carbocycles. The van der Waals surface area contributed by atoms with Gasteiger partial charge in [0.25, 0.3) is 0 Å². The summed E-state index contributed by atoms with van der Waals surface area (Å²) in [6, 6.07) is 0.